The van der Waals surface area contributed by atoms with Crippen LogP contribution in [0, 0.1) is 0 Å². The highest BCUT2D eigenvalue weighted by atomic mass is 16.4. The van der Waals surface area contributed by atoms with Crippen LogP contribution in [-0.2, 0) is 4.79 Å². The molecule has 2 aromatic rings. The van der Waals surface area contributed by atoms with Gasteiger partial charge in [-0.1, -0.05) is 76.5 Å². The smallest absolute Gasteiger partial charge is 0.303 e. The highest BCUT2D eigenvalue weighted by molar-refractivity contribution is 5.83. The molecule has 5 heteroatoms. The van der Waals surface area contributed by atoms with Crippen LogP contribution in [0.4, 0.5) is 5.82 Å². The van der Waals surface area contributed by atoms with Crippen LogP contribution < -0.4 is 5.73 Å². The Balaban J connectivity index is 0.000000450. The van der Waals surface area contributed by atoms with E-state index >= 15 is 0 Å². The minimum Gasteiger partial charge on any atom is -0.481 e. The van der Waals surface area contributed by atoms with E-state index in [-0.39, 0.29) is 6.61 Å². The molecule has 5 nitrogen and oxygen atoms in total. The number of anilines is 1. The van der Waals surface area contributed by atoms with Gasteiger partial charge in [-0.25, -0.2) is 0 Å². The van der Waals surface area contributed by atoms with Gasteiger partial charge in [0.25, 0.3) is 0 Å². The van der Waals surface area contributed by atoms with Crippen molar-refractivity contribution in [2.45, 2.75) is 78.1 Å². The van der Waals surface area contributed by atoms with Crippen LogP contribution in [0.1, 0.15) is 78.1 Å². The number of aliphatic carboxylic acids is 1. The average molecular weight is 379 g/mol. The van der Waals surface area contributed by atoms with Crippen LogP contribution in [0.25, 0.3) is 10.9 Å². The molecule has 27 heavy (non-hydrogen) atoms. The SMILES string of the molecule is CCCCCCCCCCCC(=O)O.CCO.Nc1cc2ccccc2[nH]1. The largest absolute Gasteiger partial charge is 0.481 e. The van der Waals surface area contributed by atoms with Gasteiger partial charge in [0.05, 0.1) is 0 Å². The number of hydrogen-bond donors (Lipinski definition) is 4. The van der Waals surface area contributed by atoms with Crippen LogP contribution >= 0.6 is 0 Å². The van der Waals surface area contributed by atoms with E-state index in [9.17, 15) is 4.79 Å². The van der Waals surface area contributed by atoms with E-state index in [1.807, 2.05) is 30.3 Å². The van der Waals surface area contributed by atoms with E-state index in [2.05, 4.69) is 11.9 Å². The molecule has 5 N–H and O–H groups in total. The molecule has 0 aliphatic carbocycles. The van der Waals surface area contributed by atoms with Crippen molar-refractivity contribution in [2.75, 3.05) is 12.3 Å². The Morgan fingerprint density at radius 3 is 2.00 bits per heavy atom. The van der Waals surface area contributed by atoms with E-state index in [0.29, 0.717) is 6.42 Å². The van der Waals surface area contributed by atoms with Gasteiger partial charge < -0.3 is 20.9 Å². The number of nitrogens with one attached hydrogen (secondary N) is 1. The Morgan fingerprint density at radius 1 is 0.963 bits per heavy atom. The minimum atomic E-state index is -0.659. The van der Waals surface area contributed by atoms with Crippen LogP contribution in [0.5, 0.6) is 0 Å². The number of aromatic amines is 1. The van der Waals surface area contributed by atoms with E-state index in [0.717, 1.165) is 24.2 Å². The summed E-state index contributed by atoms with van der Waals surface area (Å²) in [4.78, 5) is 13.2. The monoisotopic (exact) mass is 378 g/mol. The van der Waals surface area contributed by atoms with Crippen molar-refractivity contribution < 1.29 is 15.0 Å². The van der Waals surface area contributed by atoms with Crippen molar-refractivity contribution in [2.24, 2.45) is 0 Å². The molecule has 0 aliphatic heterocycles. The molecule has 2 rings (SSSR count). The summed E-state index contributed by atoms with van der Waals surface area (Å²) < 4.78 is 0. The Morgan fingerprint density at radius 2 is 1.48 bits per heavy atom. The molecule has 1 aromatic heterocycles. The summed E-state index contributed by atoms with van der Waals surface area (Å²) in [5.41, 5.74) is 6.63. The third kappa shape index (κ3) is 14.8. The molecule has 1 aromatic carbocycles. The lowest BCUT2D eigenvalue weighted by molar-refractivity contribution is -0.137. The maximum atomic E-state index is 10.2. The molecule has 1 heterocycles. The summed E-state index contributed by atoms with van der Waals surface area (Å²) in [7, 11) is 0. The second-order valence-electron chi connectivity index (χ2n) is 6.60. The zero-order chi connectivity index (χ0) is 20.3. The third-order valence-corrected chi connectivity index (χ3v) is 4.04. The van der Waals surface area contributed by atoms with Crippen molar-refractivity contribution in [1.29, 1.82) is 0 Å². The molecule has 0 radical (unpaired) electrons. The molecule has 154 valence electrons. The minimum absolute atomic E-state index is 0.250. The number of hydrogen-bond acceptors (Lipinski definition) is 3. The summed E-state index contributed by atoms with van der Waals surface area (Å²) in [5, 5.41) is 17.1. The number of aliphatic hydroxyl groups is 1. The molecule has 0 bridgehead atoms. The lowest BCUT2D eigenvalue weighted by atomic mass is 10.1. The van der Waals surface area contributed by atoms with Gasteiger partial charge in [-0.05, 0) is 25.5 Å². The maximum absolute atomic E-state index is 10.2. The number of H-pyrrole nitrogens is 1. The molecule has 0 saturated heterocycles. The Kier molecular flexibility index (Phi) is 16.1. The number of aliphatic hydroxyl groups excluding tert-OH is 1. The van der Waals surface area contributed by atoms with Crippen LogP contribution in [0.15, 0.2) is 30.3 Å². The Hall–Kier alpha value is -2.01. The number of carbonyl (C=O) groups is 1. The number of para-hydroxylation sites is 1. The summed E-state index contributed by atoms with van der Waals surface area (Å²) in [6.07, 6.45) is 11.5. The zero-order valence-electron chi connectivity index (χ0n) is 17.0. The molecule has 0 amide bonds. The predicted molar refractivity (Wildman–Crippen MR) is 115 cm³/mol. The summed E-state index contributed by atoms with van der Waals surface area (Å²) in [6, 6.07) is 9.94. The number of unbranched alkanes of at least 4 members (excludes halogenated alkanes) is 8. The fourth-order valence-electron chi connectivity index (χ4n) is 2.68. The Labute approximate surface area is 164 Å². The van der Waals surface area contributed by atoms with E-state index in [4.69, 9.17) is 15.9 Å². The predicted octanol–water partition coefficient (Wildman–Crippen LogP) is 5.74. The molecule has 0 atom stereocenters. The van der Waals surface area contributed by atoms with Crippen LogP contribution in [-0.4, -0.2) is 27.8 Å². The fourth-order valence-corrected chi connectivity index (χ4v) is 2.68. The standard InChI is InChI=1S/C12H24O2.C8H8N2.C2H6O/c1-2-3-4-5-6-7-8-9-10-11-12(13)14;9-8-5-6-3-1-2-4-7(6)10-8;1-2-3/h2-11H2,1H3,(H,13,14);1-5,10H,9H2;3H,2H2,1H3. The normalized spacial score (nSPS) is 9.89. The first kappa shape index (κ1) is 25.0. The van der Waals surface area contributed by atoms with E-state index < -0.39 is 5.97 Å². The van der Waals surface area contributed by atoms with Crippen LogP contribution in [0.3, 0.4) is 0 Å². The quantitative estimate of drug-likeness (QED) is 0.396. The second-order valence-corrected chi connectivity index (χ2v) is 6.60. The number of rotatable bonds is 10. The number of carboxylic acid groups (broad SMARTS) is 1. The van der Waals surface area contributed by atoms with Gasteiger partial charge >= 0.3 is 5.97 Å². The summed E-state index contributed by atoms with van der Waals surface area (Å²) >= 11 is 0. The van der Waals surface area contributed by atoms with Crippen molar-refractivity contribution in [1.82, 2.24) is 4.98 Å². The molecule has 0 fully saturated rings. The lowest BCUT2D eigenvalue weighted by Gasteiger charge is -2.00. The second kappa shape index (κ2) is 17.4. The number of benzene rings is 1. The van der Waals surface area contributed by atoms with Crippen molar-refractivity contribution in [3.63, 3.8) is 0 Å². The Bertz CT molecular complexity index is 563. The first-order chi connectivity index (χ1) is 13.0. The zero-order valence-corrected chi connectivity index (χ0v) is 17.0. The highest BCUT2D eigenvalue weighted by Crippen LogP contribution is 2.14. The van der Waals surface area contributed by atoms with Crippen molar-refractivity contribution in [3.8, 4) is 0 Å². The highest BCUT2D eigenvalue weighted by Gasteiger charge is 1.96. The molecule has 0 saturated carbocycles. The molecular weight excluding hydrogens is 340 g/mol. The molecule has 0 aliphatic rings. The van der Waals surface area contributed by atoms with Gasteiger partial charge in [0.2, 0.25) is 0 Å². The first-order valence-electron chi connectivity index (χ1n) is 10.2. The average Bonchev–Trinajstić information content (AvgIpc) is 3.01. The van der Waals surface area contributed by atoms with E-state index in [1.165, 1.54) is 50.3 Å². The number of aromatic nitrogens is 1. The van der Waals surface area contributed by atoms with Gasteiger partial charge in [-0.2, -0.15) is 0 Å². The third-order valence-electron chi connectivity index (χ3n) is 4.04. The summed E-state index contributed by atoms with van der Waals surface area (Å²) in [6.45, 7) is 4.16. The molecular formula is C22H38N2O3. The number of nitrogens with two attached hydrogens (primary N) is 1. The lowest BCUT2D eigenvalue weighted by Crippen LogP contribution is -1.93. The number of fused-ring (bicyclic) bond motifs is 1. The van der Waals surface area contributed by atoms with Crippen molar-refractivity contribution >= 4 is 22.7 Å². The topological polar surface area (TPSA) is 99.3 Å². The maximum Gasteiger partial charge on any atom is 0.303 e. The van der Waals surface area contributed by atoms with Gasteiger partial charge in [0, 0.05) is 23.9 Å². The van der Waals surface area contributed by atoms with Gasteiger partial charge in [0.1, 0.15) is 5.82 Å². The first-order valence-corrected chi connectivity index (χ1v) is 10.2. The number of nitrogen functional groups attached to an aromatic ring is 1. The van der Waals surface area contributed by atoms with Crippen LogP contribution in [0.2, 0.25) is 0 Å². The number of carboxylic acids is 1. The van der Waals surface area contributed by atoms with E-state index in [1.54, 1.807) is 6.92 Å². The van der Waals surface area contributed by atoms with Gasteiger partial charge in [-0.3, -0.25) is 4.79 Å². The summed E-state index contributed by atoms with van der Waals surface area (Å²) in [5.74, 6) is 0.0640. The molecule has 0 unspecified atom stereocenters. The molecule has 0 spiro atoms. The van der Waals surface area contributed by atoms with Gasteiger partial charge in [-0.15, -0.1) is 0 Å². The fraction of sp³-hybridized carbons (Fsp3) is 0.591. The van der Waals surface area contributed by atoms with Gasteiger partial charge in [0.15, 0.2) is 0 Å². The van der Waals surface area contributed by atoms with Crippen molar-refractivity contribution in [3.05, 3.63) is 30.3 Å².